The third-order valence-electron chi connectivity index (χ3n) is 6.30. The maximum absolute atomic E-state index is 13.4. The third-order valence-corrected chi connectivity index (χ3v) is 7.16. The van der Waals surface area contributed by atoms with Gasteiger partial charge in [0.1, 0.15) is 11.5 Å². The number of anilines is 1. The number of amides is 1. The fourth-order valence-corrected chi connectivity index (χ4v) is 5.34. The van der Waals surface area contributed by atoms with Crippen molar-refractivity contribution >= 4 is 22.4 Å². The van der Waals surface area contributed by atoms with Crippen LogP contribution in [0.3, 0.4) is 0 Å². The first-order valence-electron chi connectivity index (χ1n) is 11.7. The van der Waals surface area contributed by atoms with Crippen LogP contribution < -0.4 is 14.4 Å². The summed E-state index contributed by atoms with van der Waals surface area (Å²) in [5, 5.41) is 2.74. The summed E-state index contributed by atoms with van der Waals surface area (Å²) in [6, 6.07) is 14.1. The number of nitrogens with zero attached hydrogens (tertiary/aromatic N) is 2. The largest absolute Gasteiger partial charge is 0.497 e. The van der Waals surface area contributed by atoms with E-state index in [1.807, 2.05) is 5.38 Å². The zero-order valence-electron chi connectivity index (χ0n) is 19.7. The van der Waals surface area contributed by atoms with Gasteiger partial charge in [-0.3, -0.25) is 9.69 Å². The summed E-state index contributed by atoms with van der Waals surface area (Å²) in [5.41, 5.74) is 3.95. The van der Waals surface area contributed by atoms with Crippen molar-refractivity contribution in [3.8, 4) is 22.8 Å². The van der Waals surface area contributed by atoms with Crippen molar-refractivity contribution in [2.75, 3.05) is 25.7 Å². The highest BCUT2D eigenvalue weighted by atomic mass is 32.1. The molecule has 1 heterocycles. The average molecular weight is 465 g/mol. The number of methoxy groups -OCH3 is 2. The highest BCUT2D eigenvalue weighted by Crippen LogP contribution is 2.35. The molecule has 0 aliphatic heterocycles. The number of benzene rings is 2. The molecule has 5 nitrogen and oxygen atoms in total. The second kappa shape index (κ2) is 10.8. The maximum atomic E-state index is 13.4. The maximum Gasteiger partial charge on any atom is 0.260 e. The lowest BCUT2D eigenvalue weighted by Crippen LogP contribution is -2.31. The molecule has 33 heavy (non-hydrogen) atoms. The first-order chi connectivity index (χ1) is 16.1. The average Bonchev–Trinajstić information content (AvgIpc) is 3.37. The van der Waals surface area contributed by atoms with Crippen LogP contribution >= 0.6 is 11.3 Å². The molecule has 2 aromatic carbocycles. The quantitative estimate of drug-likeness (QED) is 0.363. The smallest absolute Gasteiger partial charge is 0.260 e. The third kappa shape index (κ3) is 5.38. The van der Waals surface area contributed by atoms with Crippen LogP contribution in [0.2, 0.25) is 0 Å². The van der Waals surface area contributed by atoms with Crippen molar-refractivity contribution in [2.24, 2.45) is 0 Å². The highest BCUT2D eigenvalue weighted by Gasteiger charge is 2.22. The van der Waals surface area contributed by atoms with Crippen LogP contribution in [-0.4, -0.2) is 31.7 Å². The van der Waals surface area contributed by atoms with Gasteiger partial charge in [-0.25, -0.2) is 4.98 Å². The summed E-state index contributed by atoms with van der Waals surface area (Å²) < 4.78 is 10.7. The van der Waals surface area contributed by atoms with Crippen LogP contribution in [0.1, 0.15) is 67.3 Å². The van der Waals surface area contributed by atoms with Crippen molar-refractivity contribution in [1.82, 2.24) is 4.98 Å². The molecule has 0 unspecified atom stereocenters. The van der Waals surface area contributed by atoms with E-state index in [9.17, 15) is 4.79 Å². The molecule has 0 N–H and O–H groups in total. The predicted octanol–water partition coefficient (Wildman–Crippen LogP) is 6.93. The Morgan fingerprint density at radius 2 is 1.70 bits per heavy atom. The van der Waals surface area contributed by atoms with Crippen LogP contribution in [0.5, 0.6) is 11.5 Å². The van der Waals surface area contributed by atoms with Crippen LogP contribution in [0.25, 0.3) is 11.3 Å². The van der Waals surface area contributed by atoms with Gasteiger partial charge in [-0.15, -0.1) is 11.3 Å². The Morgan fingerprint density at radius 3 is 2.30 bits per heavy atom. The molecule has 1 aliphatic rings. The molecule has 6 heteroatoms. The summed E-state index contributed by atoms with van der Waals surface area (Å²) in [7, 11) is 3.17. The Labute approximate surface area is 200 Å². The molecule has 1 saturated carbocycles. The van der Waals surface area contributed by atoms with Crippen molar-refractivity contribution in [3.05, 3.63) is 59.0 Å². The number of thiazole rings is 1. The summed E-state index contributed by atoms with van der Waals surface area (Å²) in [6.07, 6.45) is 7.46. The number of carbonyl (C=O) groups is 1. The Hall–Kier alpha value is -2.86. The predicted molar refractivity (Wildman–Crippen MR) is 135 cm³/mol. The summed E-state index contributed by atoms with van der Waals surface area (Å²) in [6.45, 7) is 2.65. The van der Waals surface area contributed by atoms with Crippen molar-refractivity contribution in [2.45, 2.75) is 51.4 Å². The minimum Gasteiger partial charge on any atom is -0.497 e. The summed E-state index contributed by atoms with van der Waals surface area (Å²) >= 11 is 1.50. The van der Waals surface area contributed by atoms with Crippen molar-refractivity contribution in [3.63, 3.8) is 0 Å². The van der Waals surface area contributed by atoms with Gasteiger partial charge in [-0.1, -0.05) is 50.5 Å². The van der Waals surface area contributed by atoms with E-state index in [1.54, 1.807) is 37.3 Å². The molecule has 0 radical (unpaired) electrons. The van der Waals surface area contributed by atoms with Gasteiger partial charge >= 0.3 is 0 Å². The van der Waals surface area contributed by atoms with E-state index >= 15 is 0 Å². The first-order valence-corrected chi connectivity index (χ1v) is 12.6. The van der Waals surface area contributed by atoms with Gasteiger partial charge in [-0.05, 0) is 42.9 Å². The van der Waals surface area contributed by atoms with Crippen LogP contribution in [0.4, 0.5) is 5.13 Å². The Morgan fingerprint density at radius 1 is 1.03 bits per heavy atom. The lowest BCUT2D eigenvalue weighted by atomic mass is 9.84. The zero-order chi connectivity index (χ0) is 23.2. The zero-order valence-corrected chi connectivity index (χ0v) is 20.5. The number of ether oxygens (including phenoxy) is 2. The van der Waals surface area contributed by atoms with Crippen LogP contribution in [0, 0.1) is 0 Å². The normalized spacial score (nSPS) is 14.2. The minimum atomic E-state index is -0.109. The Balaban J connectivity index is 1.56. The van der Waals surface area contributed by atoms with Gasteiger partial charge in [0.15, 0.2) is 5.13 Å². The van der Waals surface area contributed by atoms with Gasteiger partial charge in [0.25, 0.3) is 5.91 Å². The van der Waals surface area contributed by atoms with E-state index in [1.165, 1.54) is 49.0 Å². The summed E-state index contributed by atoms with van der Waals surface area (Å²) in [4.78, 5) is 20.0. The molecule has 3 aromatic rings. The Bertz CT molecular complexity index is 1050. The molecule has 174 valence electrons. The van der Waals surface area contributed by atoms with Crippen LogP contribution in [0.15, 0.2) is 47.8 Å². The van der Waals surface area contributed by atoms with Crippen molar-refractivity contribution in [1.29, 1.82) is 0 Å². The van der Waals surface area contributed by atoms with E-state index in [0.717, 1.165) is 17.7 Å². The molecule has 1 aromatic heterocycles. The molecule has 0 saturated heterocycles. The number of carbonyl (C=O) groups excluding carboxylic acids is 1. The molecule has 1 amide bonds. The second-order valence-corrected chi connectivity index (χ2v) is 9.37. The van der Waals surface area contributed by atoms with E-state index in [-0.39, 0.29) is 5.91 Å². The van der Waals surface area contributed by atoms with Crippen molar-refractivity contribution < 1.29 is 14.3 Å². The fraction of sp³-hybridized carbons (Fsp3) is 0.407. The van der Waals surface area contributed by atoms with E-state index in [4.69, 9.17) is 14.5 Å². The molecule has 0 bridgehead atoms. The molecule has 0 atom stereocenters. The van der Waals surface area contributed by atoms with Gasteiger partial charge in [0, 0.05) is 29.1 Å². The number of rotatable bonds is 8. The van der Waals surface area contributed by atoms with Gasteiger partial charge in [0.05, 0.1) is 19.9 Å². The van der Waals surface area contributed by atoms with E-state index in [2.05, 4.69) is 31.2 Å². The lowest BCUT2D eigenvalue weighted by molar-refractivity contribution is 0.0986. The standard InChI is InChI=1S/C27H32N2O3S/c1-4-14-29(26(30)22-15-23(31-2)17-24(16-22)32-3)27-28-25(18-33-27)21-12-10-20(11-13-21)19-8-6-5-7-9-19/h10-13,15-19H,4-9,14H2,1-3H3. The monoisotopic (exact) mass is 464 g/mol. The number of hydrogen-bond acceptors (Lipinski definition) is 5. The SMILES string of the molecule is CCCN(C(=O)c1cc(OC)cc(OC)c1)c1nc(-c2ccc(C3CCCCC3)cc2)cs1. The van der Waals surface area contributed by atoms with Crippen LogP contribution in [-0.2, 0) is 0 Å². The molecule has 0 spiro atoms. The van der Waals surface area contributed by atoms with Gasteiger partial charge in [0.2, 0.25) is 0 Å². The van der Waals surface area contributed by atoms with Gasteiger partial charge < -0.3 is 9.47 Å². The molecule has 1 aliphatic carbocycles. The first kappa shape index (κ1) is 23.3. The molecular weight excluding hydrogens is 432 g/mol. The fourth-order valence-electron chi connectivity index (χ4n) is 4.48. The highest BCUT2D eigenvalue weighted by molar-refractivity contribution is 7.14. The number of hydrogen-bond donors (Lipinski definition) is 0. The second-order valence-electron chi connectivity index (χ2n) is 8.53. The lowest BCUT2D eigenvalue weighted by Gasteiger charge is -2.22. The topological polar surface area (TPSA) is 51.7 Å². The number of aromatic nitrogens is 1. The molecular formula is C27H32N2O3S. The molecule has 4 rings (SSSR count). The minimum absolute atomic E-state index is 0.109. The Kier molecular flexibility index (Phi) is 7.65. The van der Waals surface area contributed by atoms with E-state index < -0.39 is 0 Å². The van der Waals surface area contributed by atoms with Gasteiger partial charge in [-0.2, -0.15) is 0 Å². The molecule has 1 fully saturated rings. The summed E-state index contributed by atoms with van der Waals surface area (Å²) in [5.74, 6) is 1.76. The van der Waals surface area contributed by atoms with E-state index in [0.29, 0.717) is 34.7 Å².